The zero-order valence-corrected chi connectivity index (χ0v) is 17.4. The number of hydrazone groups is 1. The van der Waals surface area contributed by atoms with Crippen molar-refractivity contribution < 1.29 is 9.59 Å². The van der Waals surface area contributed by atoms with Gasteiger partial charge in [-0.25, -0.2) is 5.43 Å². The van der Waals surface area contributed by atoms with Crippen LogP contribution in [0.15, 0.2) is 53.8 Å². The Bertz CT molecular complexity index is 1080. The molecule has 0 radical (unpaired) electrons. The van der Waals surface area contributed by atoms with Crippen LogP contribution in [0.2, 0.25) is 10.0 Å². The molecule has 6 nitrogen and oxygen atoms in total. The summed E-state index contributed by atoms with van der Waals surface area (Å²) in [4.78, 5) is 28.2. The molecule has 0 spiro atoms. The first-order valence-electron chi connectivity index (χ1n) is 9.01. The van der Waals surface area contributed by atoms with Gasteiger partial charge >= 0.3 is 0 Å². The molecule has 1 atom stereocenters. The highest BCUT2D eigenvalue weighted by Crippen LogP contribution is 2.22. The number of hydrogen-bond acceptors (Lipinski definition) is 3. The number of hydrogen-bond donors (Lipinski definition) is 3. The molecule has 1 aromatic heterocycles. The van der Waals surface area contributed by atoms with E-state index in [1.165, 1.54) is 12.1 Å². The Morgan fingerprint density at radius 2 is 1.86 bits per heavy atom. The molecule has 3 rings (SSSR count). The highest BCUT2D eigenvalue weighted by Gasteiger charge is 2.24. The number of carbonyl (C=O) groups is 2. The second kappa shape index (κ2) is 9.11. The van der Waals surface area contributed by atoms with E-state index >= 15 is 0 Å². The smallest absolute Gasteiger partial charge is 0.262 e. The number of amides is 2. The number of aromatic nitrogens is 1. The van der Waals surface area contributed by atoms with E-state index in [9.17, 15) is 9.59 Å². The van der Waals surface area contributed by atoms with E-state index in [0.29, 0.717) is 10.6 Å². The van der Waals surface area contributed by atoms with Crippen molar-refractivity contribution in [1.82, 2.24) is 15.7 Å². The molecule has 0 bridgehead atoms. The van der Waals surface area contributed by atoms with E-state index in [0.717, 1.165) is 16.5 Å². The predicted octanol–water partition coefficient (Wildman–Crippen LogP) is 4.38. The van der Waals surface area contributed by atoms with Crippen molar-refractivity contribution in [3.05, 3.63) is 69.8 Å². The van der Waals surface area contributed by atoms with E-state index in [-0.39, 0.29) is 10.9 Å². The van der Waals surface area contributed by atoms with Gasteiger partial charge in [0, 0.05) is 28.2 Å². The van der Waals surface area contributed by atoms with Crippen molar-refractivity contribution in [2.75, 3.05) is 0 Å². The molecule has 1 heterocycles. The third-order valence-corrected chi connectivity index (χ3v) is 5.16. The Balaban J connectivity index is 1.67. The molecule has 2 aromatic carbocycles. The number of fused-ring (bicyclic) bond motifs is 1. The topological polar surface area (TPSA) is 86.3 Å². The standard InChI is InChI=1S/C21H20Cl2N4O2/c1-12(2)19(26-20(28)13-7-8-16(22)17(23)9-13)21(29)27-25-11-14-10-24-18-6-4-3-5-15(14)18/h3-12,19,24H,1-2H3,(H,26,28)(H,27,29)/b25-11+. The van der Waals surface area contributed by atoms with Crippen molar-refractivity contribution in [1.29, 1.82) is 0 Å². The number of nitrogens with zero attached hydrogens (tertiary/aromatic N) is 1. The van der Waals surface area contributed by atoms with E-state index < -0.39 is 17.9 Å². The van der Waals surface area contributed by atoms with Crippen LogP contribution in [0.3, 0.4) is 0 Å². The number of benzene rings is 2. The number of rotatable bonds is 6. The summed E-state index contributed by atoms with van der Waals surface area (Å²) < 4.78 is 0. The van der Waals surface area contributed by atoms with Crippen molar-refractivity contribution in [3.63, 3.8) is 0 Å². The fourth-order valence-corrected chi connectivity index (χ4v) is 3.13. The first-order chi connectivity index (χ1) is 13.9. The van der Waals surface area contributed by atoms with Gasteiger partial charge in [0.15, 0.2) is 0 Å². The molecular weight excluding hydrogens is 411 g/mol. The Morgan fingerprint density at radius 3 is 2.59 bits per heavy atom. The van der Waals surface area contributed by atoms with Crippen LogP contribution in [0, 0.1) is 5.92 Å². The maximum absolute atomic E-state index is 12.6. The monoisotopic (exact) mass is 430 g/mol. The van der Waals surface area contributed by atoms with Crippen LogP contribution in [0.1, 0.15) is 29.8 Å². The van der Waals surface area contributed by atoms with Crippen molar-refractivity contribution >= 4 is 52.1 Å². The zero-order chi connectivity index (χ0) is 21.0. The second-order valence-electron chi connectivity index (χ2n) is 6.85. The van der Waals surface area contributed by atoms with Crippen LogP contribution in [-0.4, -0.2) is 29.1 Å². The average molecular weight is 431 g/mol. The lowest BCUT2D eigenvalue weighted by Gasteiger charge is -2.20. The second-order valence-corrected chi connectivity index (χ2v) is 7.66. The Hall–Kier alpha value is -2.83. The van der Waals surface area contributed by atoms with Gasteiger partial charge in [0.05, 0.1) is 16.3 Å². The summed E-state index contributed by atoms with van der Waals surface area (Å²) in [7, 11) is 0. The van der Waals surface area contributed by atoms with Crippen LogP contribution in [-0.2, 0) is 4.79 Å². The molecular formula is C21H20Cl2N4O2. The van der Waals surface area contributed by atoms with Crippen LogP contribution in [0.5, 0.6) is 0 Å². The SMILES string of the molecule is CC(C)C(NC(=O)c1ccc(Cl)c(Cl)c1)C(=O)N/N=C/c1c[nH]c2ccccc12. The Kier molecular flexibility index (Phi) is 6.56. The summed E-state index contributed by atoms with van der Waals surface area (Å²) in [6, 6.07) is 11.6. The van der Waals surface area contributed by atoms with Crippen LogP contribution >= 0.6 is 23.2 Å². The Morgan fingerprint density at radius 1 is 1.10 bits per heavy atom. The largest absolute Gasteiger partial charge is 0.361 e. The summed E-state index contributed by atoms with van der Waals surface area (Å²) >= 11 is 11.8. The number of halogens is 2. The van der Waals surface area contributed by atoms with Gasteiger partial charge in [-0.3, -0.25) is 9.59 Å². The van der Waals surface area contributed by atoms with Gasteiger partial charge in [0.2, 0.25) is 0 Å². The lowest BCUT2D eigenvalue weighted by Crippen LogP contribution is -2.48. The molecule has 0 aliphatic rings. The summed E-state index contributed by atoms with van der Waals surface area (Å²) in [6.07, 6.45) is 3.38. The van der Waals surface area contributed by atoms with Gasteiger partial charge in [-0.05, 0) is 30.2 Å². The number of aromatic amines is 1. The quantitative estimate of drug-likeness (QED) is 0.400. The van der Waals surface area contributed by atoms with Gasteiger partial charge in [-0.1, -0.05) is 55.2 Å². The maximum atomic E-state index is 12.6. The van der Waals surface area contributed by atoms with Gasteiger partial charge in [0.1, 0.15) is 6.04 Å². The van der Waals surface area contributed by atoms with Gasteiger partial charge in [-0.2, -0.15) is 5.10 Å². The highest BCUT2D eigenvalue weighted by molar-refractivity contribution is 6.42. The lowest BCUT2D eigenvalue weighted by atomic mass is 10.0. The molecule has 150 valence electrons. The number of H-pyrrole nitrogens is 1. The van der Waals surface area contributed by atoms with E-state index in [2.05, 4.69) is 20.8 Å². The first-order valence-corrected chi connectivity index (χ1v) is 9.77. The van der Waals surface area contributed by atoms with Gasteiger partial charge < -0.3 is 10.3 Å². The molecule has 0 saturated heterocycles. The third kappa shape index (κ3) is 4.96. The average Bonchev–Trinajstić information content (AvgIpc) is 3.11. The predicted molar refractivity (Wildman–Crippen MR) is 117 cm³/mol. The first kappa shape index (κ1) is 20.9. The molecule has 3 N–H and O–H groups in total. The van der Waals surface area contributed by atoms with Crippen molar-refractivity contribution in [2.24, 2.45) is 11.0 Å². The van der Waals surface area contributed by atoms with Crippen molar-refractivity contribution in [3.8, 4) is 0 Å². The summed E-state index contributed by atoms with van der Waals surface area (Å²) in [5, 5.41) is 8.38. The molecule has 0 aliphatic heterocycles. The van der Waals surface area contributed by atoms with Crippen molar-refractivity contribution in [2.45, 2.75) is 19.9 Å². The van der Waals surface area contributed by atoms with Crippen LogP contribution in [0.25, 0.3) is 10.9 Å². The van der Waals surface area contributed by atoms with E-state index in [4.69, 9.17) is 23.2 Å². The fourth-order valence-electron chi connectivity index (χ4n) is 2.83. The maximum Gasteiger partial charge on any atom is 0.262 e. The minimum Gasteiger partial charge on any atom is -0.361 e. The molecule has 0 aliphatic carbocycles. The highest BCUT2D eigenvalue weighted by atomic mass is 35.5. The van der Waals surface area contributed by atoms with Gasteiger partial charge in [0.25, 0.3) is 11.8 Å². The lowest BCUT2D eigenvalue weighted by molar-refractivity contribution is -0.123. The molecule has 8 heteroatoms. The third-order valence-electron chi connectivity index (χ3n) is 4.42. The van der Waals surface area contributed by atoms with E-state index in [1.807, 2.05) is 44.3 Å². The van der Waals surface area contributed by atoms with Crippen LogP contribution < -0.4 is 10.7 Å². The molecule has 0 fully saturated rings. The van der Waals surface area contributed by atoms with Crippen LogP contribution in [0.4, 0.5) is 0 Å². The molecule has 3 aromatic rings. The zero-order valence-electron chi connectivity index (χ0n) is 15.9. The number of carbonyl (C=O) groups excluding carboxylic acids is 2. The Labute approximate surface area is 178 Å². The molecule has 2 amide bonds. The molecule has 29 heavy (non-hydrogen) atoms. The molecule has 1 unspecified atom stereocenters. The minimum absolute atomic E-state index is 0.148. The number of para-hydroxylation sites is 1. The normalized spacial score (nSPS) is 12.4. The summed E-state index contributed by atoms with van der Waals surface area (Å²) in [6.45, 7) is 3.67. The van der Waals surface area contributed by atoms with E-state index in [1.54, 1.807) is 12.3 Å². The fraction of sp³-hybridized carbons (Fsp3) is 0.190. The summed E-state index contributed by atoms with van der Waals surface area (Å²) in [5.74, 6) is -0.979. The molecule has 0 saturated carbocycles. The summed E-state index contributed by atoms with van der Waals surface area (Å²) in [5.41, 5.74) is 4.65. The number of nitrogens with one attached hydrogen (secondary N) is 3. The van der Waals surface area contributed by atoms with Gasteiger partial charge in [-0.15, -0.1) is 0 Å². The minimum atomic E-state index is -0.767.